The van der Waals surface area contributed by atoms with Gasteiger partial charge in [0.2, 0.25) is 9.84 Å². The van der Waals surface area contributed by atoms with Crippen molar-refractivity contribution in [2.24, 2.45) is 0 Å². The van der Waals surface area contributed by atoms with Crippen LogP contribution in [-0.2, 0) is 9.84 Å². The second kappa shape index (κ2) is 7.11. The largest absolute Gasteiger partial charge is 0.495 e. The summed E-state index contributed by atoms with van der Waals surface area (Å²) in [6.45, 7) is 1.86. The highest BCUT2D eigenvalue weighted by Crippen LogP contribution is 2.31. The van der Waals surface area contributed by atoms with Gasteiger partial charge in [-0.2, -0.15) is 8.78 Å². The van der Waals surface area contributed by atoms with Crippen molar-refractivity contribution < 1.29 is 27.0 Å². The van der Waals surface area contributed by atoms with E-state index in [4.69, 9.17) is 4.74 Å². The molecule has 1 aliphatic rings. The molecule has 0 radical (unpaired) electrons. The van der Waals surface area contributed by atoms with Crippen LogP contribution in [0.2, 0.25) is 0 Å². The van der Waals surface area contributed by atoms with Crippen LogP contribution in [0.15, 0.2) is 23.1 Å². The number of alkyl halides is 2. The number of ether oxygens (including phenoxy) is 1. The van der Waals surface area contributed by atoms with Gasteiger partial charge in [-0.25, -0.2) is 8.42 Å². The minimum Gasteiger partial charge on any atom is -0.495 e. The maximum atomic E-state index is 12.7. The van der Waals surface area contributed by atoms with Gasteiger partial charge in [0.05, 0.1) is 13.2 Å². The van der Waals surface area contributed by atoms with Crippen LogP contribution in [0.5, 0.6) is 5.75 Å². The molecule has 5 nitrogen and oxygen atoms in total. The molecular formula is C15H21F2NO4S. The number of halogens is 2. The van der Waals surface area contributed by atoms with E-state index in [1.54, 1.807) is 0 Å². The number of methoxy groups -OCH3 is 1. The van der Waals surface area contributed by atoms with Crippen LogP contribution in [0.1, 0.15) is 37.8 Å². The third-order valence-electron chi connectivity index (χ3n) is 4.17. The van der Waals surface area contributed by atoms with Gasteiger partial charge in [-0.3, -0.25) is 0 Å². The molecule has 2 rings (SSSR count). The Balaban J connectivity index is 2.25. The van der Waals surface area contributed by atoms with Gasteiger partial charge in [-0.15, -0.1) is 0 Å². The topological polar surface area (TPSA) is 75.6 Å². The number of nitrogens with one attached hydrogen (secondary N) is 1. The summed E-state index contributed by atoms with van der Waals surface area (Å²) in [5.74, 6) is -3.60. The first-order valence-corrected chi connectivity index (χ1v) is 8.96. The summed E-state index contributed by atoms with van der Waals surface area (Å²) < 4.78 is 53.7. The molecule has 1 fully saturated rings. The van der Waals surface area contributed by atoms with Crippen LogP contribution in [0, 0.1) is 0 Å². The Hall–Kier alpha value is -1.25. The molecule has 0 aliphatic heterocycles. The molecule has 0 bridgehead atoms. The van der Waals surface area contributed by atoms with E-state index in [2.05, 4.69) is 5.32 Å². The van der Waals surface area contributed by atoms with E-state index in [-0.39, 0.29) is 17.8 Å². The predicted octanol–water partition coefficient (Wildman–Crippen LogP) is 2.26. The van der Waals surface area contributed by atoms with Gasteiger partial charge in [-0.1, -0.05) is 6.07 Å². The molecule has 130 valence electrons. The van der Waals surface area contributed by atoms with Gasteiger partial charge < -0.3 is 15.2 Å². The van der Waals surface area contributed by atoms with Crippen LogP contribution in [-0.4, -0.2) is 38.5 Å². The molecule has 1 aromatic rings. The van der Waals surface area contributed by atoms with Crippen LogP contribution in [0.4, 0.5) is 8.78 Å². The Labute approximate surface area is 134 Å². The molecule has 0 spiro atoms. The summed E-state index contributed by atoms with van der Waals surface area (Å²) in [4.78, 5) is -0.521. The zero-order valence-corrected chi connectivity index (χ0v) is 13.8. The van der Waals surface area contributed by atoms with E-state index >= 15 is 0 Å². The molecule has 23 heavy (non-hydrogen) atoms. The molecule has 0 aromatic heterocycles. The Kier molecular flexibility index (Phi) is 5.59. The molecule has 0 heterocycles. The van der Waals surface area contributed by atoms with Gasteiger partial charge >= 0.3 is 5.76 Å². The smallest absolute Gasteiger partial charge is 0.341 e. The molecule has 1 aromatic carbocycles. The van der Waals surface area contributed by atoms with E-state index in [0.29, 0.717) is 5.56 Å². The third kappa shape index (κ3) is 3.81. The average molecular weight is 349 g/mol. The second-order valence-electron chi connectivity index (χ2n) is 5.71. The normalized spacial score (nSPS) is 23.2. The fourth-order valence-electron chi connectivity index (χ4n) is 2.84. The highest BCUT2D eigenvalue weighted by molar-refractivity contribution is 7.91. The fourth-order valence-corrected chi connectivity index (χ4v) is 3.71. The van der Waals surface area contributed by atoms with Crippen molar-refractivity contribution in [2.75, 3.05) is 7.11 Å². The minimum absolute atomic E-state index is 0.0273. The van der Waals surface area contributed by atoms with Crippen molar-refractivity contribution in [2.45, 2.75) is 55.0 Å². The van der Waals surface area contributed by atoms with Crippen molar-refractivity contribution in [3.63, 3.8) is 0 Å². The van der Waals surface area contributed by atoms with Crippen LogP contribution in [0.25, 0.3) is 0 Å². The Morgan fingerprint density at radius 2 is 2.04 bits per heavy atom. The van der Waals surface area contributed by atoms with Crippen LogP contribution in [0.3, 0.4) is 0 Å². The molecule has 0 saturated heterocycles. The lowest BCUT2D eigenvalue weighted by molar-refractivity contribution is 0.144. The van der Waals surface area contributed by atoms with Crippen LogP contribution < -0.4 is 10.1 Å². The number of aliphatic hydroxyl groups excluding tert-OH is 1. The number of hydrogen-bond donors (Lipinski definition) is 2. The molecule has 1 unspecified atom stereocenters. The van der Waals surface area contributed by atoms with Gasteiger partial charge in [-0.05, 0) is 43.9 Å². The molecule has 0 amide bonds. The van der Waals surface area contributed by atoms with E-state index in [1.807, 2.05) is 6.92 Å². The molecule has 1 aliphatic carbocycles. The number of aliphatic hydroxyl groups is 1. The highest BCUT2D eigenvalue weighted by atomic mass is 32.2. The lowest BCUT2D eigenvalue weighted by Crippen LogP contribution is -2.37. The zero-order chi connectivity index (χ0) is 17.2. The number of hydrogen-bond acceptors (Lipinski definition) is 5. The first kappa shape index (κ1) is 18.1. The summed E-state index contributed by atoms with van der Waals surface area (Å²) in [5, 5.41) is 13.1. The summed E-state index contributed by atoms with van der Waals surface area (Å²) in [6.07, 6.45) is 2.15. The lowest BCUT2D eigenvalue weighted by Gasteiger charge is -2.23. The van der Waals surface area contributed by atoms with Crippen molar-refractivity contribution >= 4 is 9.84 Å². The summed E-state index contributed by atoms with van der Waals surface area (Å²) in [5.41, 5.74) is 0.703. The van der Waals surface area contributed by atoms with Crippen molar-refractivity contribution in [1.29, 1.82) is 0 Å². The average Bonchev–Trinajstić information content (AvgIpc) is 2.91. The monoisotopic (exact) mass is 349 g/mol. The molecule has 1 saturated carbocycles. The fraction of sp³-hybridized carbons (Fsp3) is 0.600. The summed E-state index contributed by atoms with van der Waals surface area (Å²) in [7, 11) is -3.47. The van der Waals surface area contributed by atoms with E-state index in [1.165, 1.54) is 19.2 Å². The zero-order valence-electron chi connectivity index (χ0n) is 13.0. The Bertz CT molecular complexity index is 651. The maximum absolute atomic E-state index is 12.7. The SMILES string of the molecule is COc1cc(C(C)N[C@@H]2CCC[C@H]2O)ccc1S(=O)(=O)C(F)F. The van der Waals surface area contributed by atoms with Gasteiger partial charge in [0.25, 0.3) is 0 Å². The first-order chi connectivity index (χ1) is 10.8. The van der Waals surface area contributed by atoms with Crippen molar-refractivity contribution in [3.05, 3.63) is 23.8 Å². The molecule has 8 heteroatoms. The predicted molar refractivity (Wildman–Crippen MR) is 81.4 cm³/mol. The van der Waals surface area contributed by atoms with Gasteiger partial charge in [0.15, 0.2) is 0 Å². The standard InChI is InChI=1S/C15H21F2NO4S/c1-9(18-11-4-3-5-12(11)19)10-6-7-14(13(8-10)22-2)23(20,21)15(16)17/h6-9,11-12,15,18-19H,3-5H2,1-2H3/t9?,11-,12-/m1/s1. The maximum Gasteiger partial charge on any atom is 0.341 e. The van der Waals surface area contributed by atoms with Crippen molar-refractivity contribution in [1.82, 2.24) is 5.32 Å². The van der Waals surface area contributed by atoms with E-state index in [0.717, 1.165) is 25.3 Å². The quantitative estimate of drug-likeness (QED) is 0.824. The second-order valence-corrected chi connectivity index (χ2v) is 7.60. The lowest BCUT2D eigenvalue weighted by atomic mass is 10.1. The van der Waals surface area contributed by atoms with E-state index in [9.17, 15) is 22.3 Å². The Morgan fingerprint density at radius 1 is 1.35 bits per heavy atom. The number of sulfone groups is 1. The summed E-state index contributed by atoms with van der Waals surface area (Å²) in [6, 6.07) is 3.86. The van der Waals surface area contributed by atoms with Gasteiger partial charge in [0, 0.05) is 12.1 Å². The third-order valence-corrected chi connectivity index (χ3v) is 5.59. The number of rotatable bonds is 6. The molecule has 3 atom stereocenters. The highest BCUT2D eigenvalue weighted by Gasteiger charge is 2.31. The van der Waals surface area contributed by atoms with Crippen LogP contribution >= 0.6 is 0 Å². The van der Waals surface area contributed by atoms with Gasteiger partial charge in [0.1, 0.15) is 10.6 Å². The van der Waals surface area contributed by atoms with E-state index < -0.39 is 26.6 Å². The summed E-state index contributed by atoms with van der Waals surface area (Å²) >= 11 is 0. The van der Waals surface area contributed by atoms with Crippen molar-refractivity contribution in [3.8, 4) is 5.75 Å². The molecular weight excluding hydrogens is 328 g/mol. The molecule has 2 N–H and O–H groups in total. The minimum atomic E-state index is -4.71. The number of benzene rings is 1. The Morgan fingerprint density at radius 3 is 2.57 bits per heavy atom. The first-order valence-electron chi connectivity index (χ1n) is 7.41.